The van der Waals surface area contributed by atoms with Crippen LogP contribution in [0, 0.1) is 12.8 Å². The van der Waals surface area contributed by atoms with E-state index >= 15 is 0 Å². The topological polar surface area (TPSA) is 53.7 Å². The Morgan fingerprint density at radius 1 is 1.12 bits per heavy atom. The van der Waals surface area contributed by atoms with E-state index in [1.54, 1.807) is 11.8 Å². The summed E-state index contributed by atoms with van der Waals surface area (Å²) in [4.78, 5) is 6.33. The molecular formula is C18H23NO3S2. The Kier molecular flexibility index (Phi) is 7.45. The molecule has 0 heterocycles. The van der Waals surface area contributed by atoms with Gasteiger partial charge in [-0.3, -0.25) is 0 Å². The average Bonchev–Trinajstić information content (AvgIpc) is 2.54. The monoisotopic (exact) mass is 365 g/mol. The molecule has 0 unspecified atom stereocenters. The van der Waals surface area contributed by atoms with Crippen molar-refractivity contribution in [3.05, 3.63) is 47.5 Å². The summed E-state index contributed by atoms with van der Waals surface area (Å²) in [5.41, 5.74) is 2.34. The van der Waals surface area contributed by atoms with Gasteiger partial charge in [0, 0.05) is 9.79 Å². The first-order chi connectivity index (χ1) is 11.5. The molecule has 0 amide bonds. The molecule has 2 aromatic rings. The van der Waals surface area contributed by atoms with E-state index in [9.17, 15) is 0 Å². The minimum atomic E-state index is 0.514. The second-order valence-corrected chi connectivity index (χ2v) is 7.47. The number of hydrogen-bond acceptors (Lipinski definition) is 6. The first-order valence-electron chi connectivity index (χ1n) is 7.69. The fraction of sp³-hybridized carbons (Fsp3) is 0.333. The smallest absolute Gasteiger partial charge is 0.130 e. The molecule has 2 rings (SSSR count). The molecule has 2 N–H and O–H groups in total. The number of nitrogens with two attached hydrogens (primary N) is 1. The number of benzene rings is 2. The maximum atomic E-state index is 6.13. The van der Waals surface area contributed by atoms with Crippen molar-refractivity contribution in [2.45, 2.75) is 37.0 Å². The number of hydrogen-bond donors (Lipinski definition) is 1. The van der Waals surface area contributed by atoms with E-state index in [0.717, 1.165) is 40.4 Å². The minimum Gasteiger partial charge on any atom is -0.457 e. The van der Waals surface area contributed by atoms with E-state index < -0.39 is 0 Å². The molecule has 0 aliphatic carbocycles. The lowest BCUT2D eigenvalue weighted by Gasteiger charge is -2.15. The Morgan fingerprint density at radius 2 is 1.92 bits per heavy atom. The standard InChI is InChI=1S/C18H23NO3S2/c1-12(2)9-14-11-16(24-22-21-19)6-7-17(14)20-15-5-8-18(23-4)13(3)10-15/h5-8,10-12H,9,19H2,1-4H3. The molecule has 130 valence electrons. The highest BCUT2D eigenvalue weighted by Gasteiger charge is 2.10. The highest BCUT2D eigenvalue weighted by molar-refractivity contribution is 7.98. The number of ether oxygens (including phenoxy) is 1. The van der Waals surface area contributed by atoms with Crippen molar-refractivity contribution in [3.63, 3.8) is 0 Å². The number of aryl methyl sites for hydroxylation is 1. The van der Waals surface area contributed by atoms with Crippen LogP contribution in [0.2, 0.25) is 0 Å². The van der Waals surface area contributed by atoms with E-state index in [1.807, 2.05) is 24.3 Å². The summed E-state index contributed by atoms with van der Waals surface area (Å²) in [6.45, 7) is 6.46. The third-order valence-corrected chi connectivity index (χ3v) is 4.91. The van der Waals surface area contributed by atoms with Crippen LogP contribution in [0.15, 0.2) is 46.2 Å². The zero-order valence-electron chi connectivity index (χ0n) is 14.4. The zero-order chi connectivity index (χ0) is 17.5. The Labute approximate surface area is 152 Å². The van der Waals surface area contributed by atoms with Crippen LogP contribution in [0.3, 0.4) is 0 Å². The molecule has 0 spiro atoms. The van der Waals surface area contributed by atoms with Gasteiger partial charge in [0.15, 0.2) is 0 Å². The first-order valence-corrected chi connectivity index (χ1v) is 9.65. The van der Waals surface area contributed by atoms with E-state index in [2.05, 4.69) is 44.1 Å². The summed E-state index contributed by atoms with van der Waals surface area (Å²) >= 11 is 2.82. The third kappa shape index (κ3) is 5.43. The fourth-order valence-electron chi connectivity index (χ4n) is 2.41. The average molecular weight is 366 g/mol. The van der Waals surface area contributed by atoms with Gasteiger partial charge in [0.25, 0.3) is 0 Å². The lowest BCUT2D eigenvalue weighted by Crippen LogP contribution is -1.99. The van der Waals surface area contributed by atoms with E-state index in [1.165, 1.54) is 10.5 Å². The lowest BCUT2D eigenvalue weighted by atomic mass is 10.0. The summed E-state index contributed by atoms with van der Waals surface area (Å²) in [5, 5.41) is 0. The molecule has 0 saturated heterocycles. The van der Waals surface area contributed by atoms with Gasteiger partial charge in [0.05, 0.1) is 12.0 Å². The van der Waals surface area contributed by atoms with Gasteiger partial charge in [-0.1, -0.05) is 13.8 Å². The van der Waals surface area contributed by atoms with Gasteiger partial charge in [-0.2, -0.15) is 5.90 Å². The lowest BCUT2D eigenvalue weighted by molar-refractivity contribution is -0.195. The van der Waals surface area contributed by atoms with Gasteiger partial charge in [0.2, 0.25) is 0 Å². The van der Waals surface area contributed by atoms with E-state index in [-0.39, 0.29) is 0 Å². The minimum absolute atomic E-state index is 0.514. The van der Waals surface area contributed by atoms with Crippen molar-refractivity contribution in [2.24, 2.45) is 11.8 Å². The molecule has 4 nitrogen and oxygen atoms in total. The quantitative estimate of drug-likeness (QED) is 0.287. The Bertz CT molecular complexity index is 677. The normalized spacial score (nSPS) is 11.1. The summed E-state index contributed by atoms with van der Waals surface area (Å²) in [7, 11) is 0. The van der Waals surface area contributed by atoms with Crippen LogP contribution in [0.1, 0.15) is 25.0 Å². The van der Waals surface area contributed by atoms with E-state index in [4.69, 9.17) is 15.0 Å². The van der Waals surface area contributed by atoms with Crippen molar-refractivity contribution >= 4 is 23.8 Å². The molecule has 6 heteroatoms. The van der Waals surface area contributed by atoms with Crippen LogP contribution < -0.4 is 10.6 Å². The fourth-order valence-corrected chi connectivity index (χ4v) is 3.42. The molecule has 0 fully saturated rings. The van der Waals surface area contributed by atoms with Crippen LogP contribution in [0.4, 0.5) is 0 Å². The van der Waals surface area contributed by atoms with E-state index in [0.29, 0.717) is 5.92 Å². The largest absolute Gasteiger partial charge is 0.457 e. The maximum absolute atomic E-state index is 6.13. The van der Waals surface area contributed by atoms with Gasteiger partial charge in [0.1, 0.15) is 11.5 Å². The molecule has 0 aliphatic rings. The molecule has 0 atom stereocenters. The summed E-state index contributed by atoms with van der Waals surface area (Å²) in [6.07, 6.45) is 2.99. The van der Waals surface area contributed by atoms with Crippen LogP contribution in [0.5, 0.6) is 11.5 Å². The van der Waals surface area contributed by atoms with Gasteiger partial charge >= 0.3 is 0 Å². The van der Waals surface area contributed by atoms with Crippen molar-refractivity contribution in [1.82, 2.24) is 0 Å². The summed E-state index contributed by atoms with van der Waals surface area (Å²) in [5.74, 6) is 7.11. The maximum Gasteiger partial charge on any atom is 0.130 e. The second kappa shape index (κ2) is 9.34. The number of thioether (sulfide) groups is 1. The molecule has 0 bridgehead atoms. The Morgan fingerprint density at radius 3 is 2.54 bits per heavy atom. The van der Waals surface area contributed by atoms with Gasteiger partial charge in [-0.05, 0) is 73.0 Å². The van der Waals surface area contributed by atoms with Gasteiger partial charge in [-0.25, -0.2) is 0 Å². The first kappa shape index (κ1) is 19.1. The second-order valence-electron chi connectivity index (χ2n) is 5.85. The molecular weight excluding hydrogens is 342 g/mol. The van der Waals surface area contributed by atoms with Crippen molar-refractivity contribution in [3.8, 4) is 11.5 Å². The SMILES string of the molecule is CSc1ccc(Oc2ccc(SOON)cc2CC(C)C)cc1C. The Hall–Kier alpha value is -1.18. The highest BCUT2D eigenvalue weighted by Crippen LogP contribution is 2.33. The van der Waals surface area contributed by atoms with Crippen LogP contribution >= 0.6 is 23.8 Å². The molecule has 0 radical (unpaired) electrons. The predicted molar refractivity (Wildman–Crippen MR) is 100 cm³/mol. The molecule has 0 aliphatic heterocycles. The molecule has 2 aromatic carbocycles. The number of rotatable bonds is 8. The van der Waals surface area contributed by atoms with Crippen molar-refractivity contribution < 1.29 is 14.1 Å². The van der Waals surface area contributed by atoms with Crippen LogP contribution in [-0.4, -0.2) is 6.26 Å². The predicted octanol–water partition coefficient (Wildman–Crippen LogP) is 5.54. The zero-order valence-corrected chi connectivity index (χ0v) is 16.0. The molecule has 0 saturated carbocycles. The summed E-state index contributed by atoms with van der Waals surface area (Å²) in [6, 6.07) is 12.1. The van der Waals surface area contributed by atoms with Gasteiger partial charge in [-0.15, -0.1) is 21.1 Å². The highest BCUT2D eigenvalue weighted by atomic mass is 32.2. The van der Waals surface area contributed by atoms with Crippen molar-refractivity contribution in [1.29, 1.82) is 0 Å². The third-order valence-electron chi connectivity index (χ3n) is 3.42. The van der Waals surface area contributed by atoms with Crippen LogP contribution in [0.25, 0.3) is 0 Å². The molecule has 24 heavy (non-hydrogen) atoms. The Balaban J connectivity index is 2.25. The summed E-state index contributed by atoms with van der Waals surface area (Å²) < 4.78 is 10.9. The molecule has 0 aromatic heterocycles. The van der Waals surface area contributed by atoms with Crippen LogP contribution in [-0.2, 0) is 15.7 Å². The van der Waals surface area contributed by atoms with Crippen molar-refractivity contribution in [2.75, 3.05) is 6.26 Å². The van der Waals surface area contributed by atoms with Gasteiger partial charge < -0.3 is 4.74 Å².